The summed E-state index contributed by atoms with van der Waals surface area (Å²) in [6, 6.07) is 3.73. The van der Waals surface area contributed by atoms with Crippen molar-refractivity contribution in [3.8, 4) is 0 Å². The fraction of sp³-hybridized carbons (Fsp3) is 0.417. The molecule has 106 valence electrons. The summed E-state index contributed by atoms with van der Waals surface area (Å²) in [7, 11) is -4.00. The maximum Gasteiger partial charge on any atom is 0.318 e. The van der Waals surface area contributed by atoms with Crippen molar-refractivity contribution >= 4 is 16.0 Å². The van der Waals surface area contributed by atoms with Crippen LogP contribution in [0.25, 0.3) is 0 Å². The van der Waals surface area contributed by atoms with E-state index in [1.165, 1.54) is 19.1 Å². The molecule has 0 heterocycles. The summed E-state index contributed by atoms with van der Waals surface area (Å²) < 4.78 is 38.9. The van der Waals surface area contributed by atoms with Gasteiger partial charge >= 0.3 is 5.97 Å². The van der Waals surface area contributed by atoms with Crippen LogP contribution in [-0.4, -0.2) is 36.9 Å². The number of carboxylic acids is 1. The Bertz CT molecular complexity index is 571. The van der Waals surface area contributed by atoms with Crippen LogP contribution >= 0.6 is 0 Å². The summed E-state index contributed by atoms with van der Waals surface area (Å²) in [6.45, 7) is 2.53. The predicted octanol–water partition coefficient (Wildman–Crippen LogP) is 1.62. The Morgan fingerprint density at radius 1 is 1.42 bits per heavy atom. The van der Waals surface area contributed by atoms with Gasteiger partial charge in [0.15, 0.2) is 0 Å². The van der Waals surface area contributed by atoms with Gasteiger partial charge in [-0.3, -0.25) is 4.79 Å². The van der Waals surface area contributed by atoms with E-state index in [-0.39, 0.29) is 17.0 Å². The van der Waals surface area contributed by atoms with E-state index in [9.17, 15) is 17.6 Å². The minimum absolute atomic E-state index is 0.00556. The van der Waals surface area contributed by atoms with Gasteiger partial charge in [-0.15, -0.1) is 0 Å². The molecule has 0 atom stereocenters. The molecule has 0 aromatic heterocycles. The molecular formula is C12H16FNO4S. The van der Waals surface area contributed by atoms with E-state index in [1.807, 2.05) is 0 Å². The third kappa shape index (κ3) is 3.51. The van der Waals surface area contributed by atoms with Gasteiger partial charge in [-0.25, -0.2) is 12.8 Å². The molecular weight excluding hydrogens is 273 g/mol. The number of rotatable bonds is 6. The highest BCUT2D eigenvalue weighted by atomic mass is 32.2. The number of hydrogen-bond acceptors (Lipinski definition) is 3. The number of hydrogen-bond donors (Lipinski definition) is 1. The summed E-state index contributed by atoms with van der Waals surface area (Å²) in [6.07, 6.45) is 0.473. The third-order valence-electron chi connectivity index (χ3n) is 2.62. The standard InChI is InChI=1S/C12H16FNO4S/c1-3-7-14(8-12(15)16)19(17,18)11-6-4-5-10(13)9(11)2/h4-6H,3,7-8H2,1-2H3,(H,15,16). The molecule has 1 aromatic carbocycles. The van der Waals surface area contributed by atoms with Gasteiger partial charge in [-0.1, -0.05) is 13.0 Å². The SMILES string of the molecule is CCCN(CC(=O)O)S(=O)(=O)c1cccc(F)c1C. The minimum atomic E-state index is -4.00. The second-order valence-electron chi connectivity index (χ2n) is 4.10. The lowest BCUT2D eigenvalue weighted by molar-refractivity contribution is -0.137. The van der Waals surface area contributed by atoms with Crippen LogP contribution in [0.3, 0.4) is 0 Å². The Morgan fingerprint density at radius 2 is 2.05 bits per heavy atom. The lowest BCUT2D eigenvalue weighted by Gasteiger charge is -2.20. The molecule has 0 fully saturated rings. The zero-order valence-electron chi connectivity index (χ0n) is 10.8. The summed E-state index contributed by atoms with van der Waals surface area (Å²) in [4.78, 5) is 10.5. The molecule has 1 aromatic rings. The number of halogens is 1. The van der Waals surface area contributed by atoms with Crippen molar-refractivity contribution in [2.24, 2.45) is 0 Å². The van der Waals surface area contributed by atoms with Crippen molar-refractivity contribution in [3.63, 3.8) is 0 Å². The molecule has 5 nitrogen and oxygen atoms in total. The minimum Gasteiger partial charge on any atom is -0.480 e. The molecule has 0 aliphatic carbocycles. The maximum atomic E-state index is 13.4. The molecule has 1 rings (SSSR count). The van der Waals surface area contributed by atoms with Gasteiger partial charge in [0.1, 0.15) is 12.4 Å². The largest absolute Gasteiger partial charge is 0.480 e. The molecule has 0 amide bonds. The Kier molecular flexibility index (Phi) is 5.02. The molecule has 0 unspecified atom stereocenters. The fourth-order valence-corrected chi connectivity index (χ4v) is 3.41. The quantitative estimate of drug-likeness (QED) is 0.863. The molecule has 0 spiro atoms. The van der Waals surface area contributed by atoms with Crippen molar-refractivity contribution in [2.75, 3.05) is 13.1 Å². The van der Waals surface area contributed by atoms with Crippen LogP contribution in [0, 0.1) is 12.7 Å². The van der Waals surface area contributed by atoms with Gasteiger partial charge in [0, 0.05) is 12.1 Å². The Labute approximate surface area is 111 Å². The highest BCUT2D eigenvalue weighted by Crippen LogP contribution is 2.21. The van der Waals surface area contributed by atoms with Gasteiger partial charge < -0.3 is 5.11 Å². The van der Waals surface area contributed by atoms with Crippen LogP contribution in [0.1, 0.15) is 18.9 Å². The number of carbonyl (C=O) groups is 1. The van der Waals surface area contributed by atoms with Crippen molar-refractivity contribution in [1.82, 2.24) is 4.31 Å². The van der Waals surface area contributed by atoms with Crippen molar-refractivity contribution < 1.29 is 22.7 Å². The first kappa shape index (κ1) is 15.6. The predicted molar refractivity (Wildman–Crippen MR) is 67.8 cm³/mol. The van der Waals surface area contributed by atoms with E-state index in [0.717, 1.165) is 10.4 Å². The molecule has 0 radical (unpaired) electrons. The van der Waals surface area contributed by atoms with Crippen LogP contribution in [0.5, 0.6) is 0 Å². The zero-order valence-corrected chi connectivity index (χ0v) is 11.6. The number of nitrogens with zero attached hydrogens (tertiary/aromatic N) is 1. The van der Waals surface area contributed by atoms with Crippen molar-refractivity contribution in [3.05, 3.63) is 29.6 Å². The molecule has 19 heavy (non-hydrogen) atoms. The van der Waals surface area contributed by atoms with E-state index in [0.29, 0.717) is 6.42 Å². The van der Waals surface area contributed by atoms with Crippen molar-refractivity contribution in [2.45, 2.75) is 25.2 Å². The van der Waals surface area contributed by atoms with Crippen LogP contribution in [0.4, 0.5) is 4.39 Å². The molecule has 0 aliphatic heterocycles. The summed E-state index contributed by atoms with van der Waals surface area (Å²) in [5, 5.41) is 8.76. The summed E-state index contributed by atoms with van der Waals surface area (Å²) in [5.41, 5.74) is -0.00556. The topological polar surface area (TPSA) is 74.7 Å². The van der Waals surface area contributed by atoms with Gasteiger partial charge in [-0.05, 0) is 25.5 Å². The number of benzene rings is 1. The summed E-state index contributed by atoms with van der Waals surface area (Å²) in [5.74, 6) is -1.88. The Morgan fingerprint density at radius 3 is 2.58 bits per heavy atom. The summed E-state index contributed by atoms with van der Waals surface area (Å²) >= 11 is 0. The molecule has 0 saturated carbocycles. The van der Waals surface area contributed by atoms with E-state index in [2.05, 4.69) is 0 Å². The Hall–Kier alpha value is -1.47. The molecule has 0 aliphatic rings. The molecule has 0 bridgehead atoms. The first-order valence-corrected chi connectivity index (χ1v) is 7.21. The van der Waals surface area contributed by atoms with Crippen LogP contribution in [-0.2, 0) is 14.8 Å². The van der Waals surface area contributed by atoms with Gasteiger partial charge in [-0.2, -0.15) is 4.31 Å². The highest BCUT2D eigenvalue weighted by molar-refractivity contribution is 7.89. The third-order valence-corrected chi connectivity index (χ3v) is 4.61. The van der Waals surface area contributed by atoms with E-state index in [4.69, 9.17) is 5.11 Å². The number of sulfonamides is 1. The monoisotopic (exact) mass is 289 g/mol. The second kappa shape index (κ2) is 6.12. The van der Waals surface area contributed by atoms with E-state index < -0.39 is 28.4 Å². The van der Waals surface area contributed by atoms with Crippen LogP contribution in [0.15, 0.2) is 23.1 Å². The first-order valence-electron chi connectivity index (χ1n) is 5.77. The second-order valence-corrected chi connectivity index (χ2v) is 6.00. The number of carboxylic acid groups (broad SMARTS) is 1. The lowest BCUT2D eigenvalue weighted by atomic mass is 10.2. The average Bonchev–Trinajstić information content (AvgIpc) is 2.31. The fourth-order valence-electron chi connectivity index (χ4n) is 1.69. The smallest absolute Gasteiger partial charge is 0.318 e. The van der Waals surface area contributed by atoms with Gasteiger partial charge in [0.2, 0.25) is 10.0 Å². The lowest BCUT2D eigenvalue weighted by Crippen LogP contribution is -2.36. The highest BCUT2D eigenvalue weighted by Gasteiger charge is 2.28. The zero-order chi connectivity index (χ0) is 14.6. The first-order chi connectivity index (χ1) is 8.80. The average molecular weight is 289 g/mol. The van der Waals surface area contributed by atoms with E-state index in [1.54, 1.807) is 6.92 Å². The van der Waals surface area contributed by atoms with Gasteiger partial charge in [0.25, 0.3) is 0 Å². The molecule has 0 saturated heterocycles. The normalized spacial score (nSPS) is 11.8. The van der Waals surface area contributed by atoms with Gasteiger partial charge in [0.05, 0.1) is 4.90 Å². The van der Waals surface area contributed by atoms with Crippen LogP contribution < -0.4 is 0 Å². The van der Waals surface area contributed by atoms with Crippen molar-refractivity contribution in [1.29, 1.82) is 0 Å². The number of aliphatic carboxylic acids is 1. The maximum absolute atomic E-state index is 13.4. The Balaban J connectivity index is 3.26. The molecule has 1 N–H and O–H groups in total. The van der Waals surface area contributed by atoms with Crippen LogP contribution in [0.2, 0.25) is 0 Å². The van der Waals surface area contributed by atoms with E-state index >= 15 is 0 Å². The molecule has 7 heteroatoms.